The quantitative estimate of drug-likeness (QED) is 0.327. The van der Waals surface area contributed by atoms with E-state index in [1.54, 1.807) is 17.0 Å². The maximum absolute atomic E-state index is 12.8. The summed E-state index contributed by atoms with van der Waals surface area (Å²) in [5.74, 6) is -0.0760. The fourth-order valence-corrected chi connectivity index (χ4v) is 4.82. The molecule has 176 valence electrons. The van der Waals surface area contributed by atoms with Gasteiger partial charge in [-0.15, -0.1) is 0 Å². The van der Waals surface area contributed by atoms with Crippen molar-refractivity contribution in [3.63, 3.8) is 0 Å². The molecule has 0 radical (unpaired) electrons. The van der Waals surface area contributed by atoms with E-state index in [4.69, 9.17) is 0 Å². The number of amides is 1. The maximum atomic E-state index is 12.8. The van der Waals surface area contributed by atoms with Crippen LogP contribution >= 0.6 is 0 Å². The van der Waals surface area contributed by atoms with Crippen LogP contribution < -0.4 is 5.32 Å². The monoisotopic (exact) mass is 477 g/mol. The van der Waals surface area contributed by atoms with Gasteiger partial charge in [0.1, 0.15) is 0 Å². The molecule has 0 unspecified atom stereocenters. The molecule has 1 aliphatic heterocycles. The zero-order chi connectivity index (χ0) is 24.0. The first-order chi connectivity index (χ1) is 15.7. The van der Waals surface area contributed by atoms with E-state index in [0.29, 0.717) is 13.0 Å². The lowest BCUT2D eigenvalue weighted by Crippen LogP contribution is -2.50. The van der Waals surface area contributed by atoms with Crippen LogP contribution in [-0.4, -0.2) is 66.1 Å². The van der Waals surface area contributed by atoms with Gasteiger partial charge in [-0.2, -0.15) is 4.31 Å². The second kappa shape index (κ2) is 10.4. The van der Waals surface area contributed by atoms with Crippen LogP contribution in [0.15, 0.2) is 53.4 Å². The molecule has 0 atom stereocenters. The van der Waals surface area contributed by atoms with E-state index >= 15 is 0 Å². The van der Waals surface area contributed by atoms with E-state index in [0.717, 1.165) is 17.8 Å². The van der Waals surface area contributed by atoms with Crippen molar-refractivity contribution in [2.75, 3.05) is 38.0 Å². The van der Waals surface area contributed by atoms with Crippen molar-refractivity contribution in [1.29, 1.82) is 0 Å². The fourth-order valence-electron chi connectivity index (χ4n) is 3.40. The molecule has 1 saturated heterocycles. The van der Waals surface area contributed by atoms with Crippen molar-refractivity contribution < 1.29 is 23.1 Å². The summed E-state index contributed by atoms with van der Waals surface area (Å²) in [5, 5.41) is 24.5. The first-order valence-corrected chi connectivity index (χ1v) is 11.6. The highest BCUT2D eigenvalue weighted by Gasteiger charge is 2.30. The van der Waals surface area contributed by atoms with Crippen LogP contribution in [0.1, 0.15) is 12.8 Å². The van der Waals surface area contributed by atoms with Gasteiger partial charge in [0.15, 0.2) is 0 Å². The number of piperazine rings is 1. The number of sulfonamides is 1. The third kappa shape index (κ3) is 6.02. The summed E-state index contributed by atoms with van der Waals surface area (Å²) < 4.78 is 26.8. The zero-order valence-electron chi connectivity index (χ0n) is 17.6. The van der Waals surface area contributed by atoms with Crippen molar-refractivity contribution >= 4 is 33.0 Å². The Morgan fingerprint density at radius 2 is 1.39 bits per heavy atom. The summed E-state index contributed by atoms with van der Waals surface area (Å²) in [5.41, 5.74) is 0.538. The topological polar surface area (TPSA) is 156 Å². The van der Waals surface area contributed by atoms with E-state index in [2.05, 4.69) is 5.32 Å². The van der Waals surface area contributed by atoms with Gasteiger partial charge in [0.25, 0.3) is 11.4 Å². The van der Waals surface area contributed by atoms with E-state index in [1.807, 2.05) is 0 Å². The number of benzene rings is 2. The number of hydrogen-bond acceptors (Lipinski definition) is 8. The van der Waals surface area contributed by atoms with Crippen LogP contribution in [0.5, 0.6) is 0 Å². The van der Waals surface area contributed by atoms with Crippen molar-refractivity contribution in [1.82, 2.24) is 9.21 Å². The number of rotatable bonds is 9. The minimum absolute atomic E-state index is 0.00506. The van der Waals surface area contributed by atoms with Crippen LogP contribution in [0, 0.1) is 20.2 Å². The average molecular weight is 477 g/mol. The first kappa shape index (κ1) is 24.1. The highest BCUT2D eigenvalue weighted by molar-refractivity contribution is 7.89. The second-order valence-corrected chi connectivity index (χ2v) is 9.31. The van der Waals surface area contributed by atoms with Gasteiger partial charge in [-0.1, -0.05) is 0 Å². The zero-order valence-corrected chi connectivity index (χ0v) is 18.4. The number of hydrogen-bond donors (Lipinski definition) is 1. The van der Waals surface area contributed by atoms with Crippen LogP contribution in [0.4, 0.5) is 17.1 Å². The largest absolute Gasteiger partial charge is 0.385 e. The van der Waals surface area contributed by atoms with Gasteiger partial charge >= 0.3 is 0 Å². The summed E-state index contributed by atoms with van der Waals surface area (Å²) >= 11 is 0. The maximum Gasteiger partial charge on any atom is 0.269 e. The van der Waals surface area contributed by atoms with Gasteiger partial charge in [0.05, 0.1) is 14.7 Å². The predicted molar refractivity (Wildman–Crippen MR) is 119 cm³/mol. The molecule has 2 aromatic carbocycles. The molecular weight excluding hydrogens is 454 g/mol. The Morgan fingerprint density at radius 3 is 1.91 bits per heavy atom. The summed E-state index contributed by atoms with van der Waals surface area (Å²) in [6.45, 7) is 1.33. The Bertz CT molecular complexity index is 1110. The number of non-ortho nitro benzene ring substituents is 2. The van der Waals surface area contributed by atoms with E-state index < -0.39 is 19.9 Å². The Balaban J connectivity index is 1.43. The number of nitrogens with zero attached hydrogens (tertiary/aromatic N) is 4. The number of nitro benzene ring substituents is 2. The molecule has 2 aromatic rings. The Kier molecular flexibility index (Phi) is 7.55. The normalized spacial score (nSPS) is 14.6. The number of anilines is 1. The highest BCUT2D eigenvalue weighted by Crippen LogP contribution is 2.21. The highest BCUT2D eigenvalue weighted by atomic mass is 32.2. The molecule has 1 amide bonds. The van der Waals surface area contributed by atoms with E-state index in [9.17, 15) is 33.4 Å². The van der Waals surface area contributed by atoms with E-state index in [-0.39, 0.29) is 54.8 Å². The smallest absolute Gasteiger partial charge is 0.269 e. The molecule has 0 bridgehead atoms. The third-order valence-corrected chi connectivity index (χ3v) is 7.16. The van der Waals surface area contributed by atoms with Crippen molar-refractivity contribution in [2.24, 2.45) is 0 Å². The van der Waals surface area contributed by atoms with Crippen LogP contribution in [-0.2, 0) is 14.8 Å². The van der Waals surface area contributed by atoms with Gasteiger partial charge in [0.2, 0.25) is 15.9 Å². The number of nitrogens with one attached hydrogen (secondary N) is 1. The first-order valence-electron chi connectivity index (χ1n) is 10.2. The SMILES string of the molecule is O=C(CCCNc1ccc([N+](=O)[O-])cc1)N1CCN(S(=O)(=O)c2ccc([N+](=O)[O-])cc2)CC1. The molecule has 1 fully saturated rings. The summed E-state index contributed by atoms with van der Waals surface area (Å²) in [6.07, 6.45) is 0.839. The van der Waals surface area contributed by atoms with Crippen molar-refractivity contribution in [3.8, 4) is 0 Å². The minimum Gasteiger partial charge on any atom is -0.385 e. The Labute approximate surface area is 190 Å². The summed E-state index contributed by atoms with van der Waals surface area (Å²) in [6, 6.07) is 10.7. The van der Waals surface area contributed by atoms with Crippen molar-refractivity contribution in [2.45, 2.75) is 17.7 Å². The molecule has 1 heterocycles. The lowest BCUT2D eigenvalue weighted by molar-refractivity contribution is -0.385. The third-order valence-electron chi connectivity index (χ3n) is 5.25. The Morgan fingerprint density at radius 1 is 0.879 bits per heavy atom. The van der Waals surface area contributed by atoms with Gasteiger partial charge < -0.3 is 10.2 Å². The molecule has 0 aromatic heterocycles. The molecule has 13 heteroatoms. The van der Waals surface area contributed by atoms with Gasteiger partial charge in [0, 0.05) is 69.1 Å². The molecule has 1 aliphatic rings. The van der Waals surface area contributed by atoms with Gasteiger partial charge in [-0.25, -0.2) is 8.42 Å². The molecule has 12 nitrogen and oxygen atoms in total. The Hall–Kier alpha value is -3.58. The van der Waals surface area contributed by atoms with Gasteiger partial charge in [-0.3, -0.25) is 25.0 Å². The molecule has 0 saturated carbocycles. The average Bonchev–Trinajstić information content (AvgIpc) is 2.82. The second-order valence-electron chi connectivity index (χ2n) is 7.37. The predicted octanol–water partition coefficient (Wildman–Crippen LogP) is 2.23. The van der Waals surface area contributed by atoms with Crippen molar-refractivity contribution in [3.05, 3.63) is 68.8 Å². The summed E-state index contributed by atoms with van der Waals surface area (Å²) in [4.78, 5) is 34.4. The van der Waals surface area contributed by atoms with Crippen LogP contribution in [0.25, 0.3) is 0 Å². The molecule has 3 rings (SSSR count). The summed E-state index contributed by atoms with van der Waals surface area (Å²) in [7, 11) is -3.79. The minimum atomic E-state index is -3.79. The lowest BCUT2D eigenvalue weighted by Gasteiger charge is -2.34. The van der Waals surface area contributed by atoms with Gasteiger partial charge in [-0.05, 0) is 30.7 Å². The van der Waals surface area contributed by atoms with Crippen LogP contribution in [0.2, 0.25) is 0 Å². The molecule has 0 spiro atoms. The molecular formula is C20H23N5O7S. The molecule has 1 N–H and O–H groups in total. The van der Waals surface area contributed by atoms with Crippen LogP contribution in [0.3, 0.4) is 0 Å². The number of nitro groups is 2. The molecule has 0 aliphatic carbocycles. The fraction of sp³-hybridized carbons (Fsp3) is 0.350. The van der Waals surface area contributed by atoms with E-state index in [1.165, 1.54) is 28.6 Å². The number of carbonyl (C=O) groups is 1. The lowest BCUT2D eigenvalue weighted by atomic mass is 10.2. The molecule has 33 heavy (non-hydrogen) atoms. The number of carbonyl (C=O) groups excluding carboxylic acids is 1. The standard InChI is InChI=1S/C20H23N5O7S/c26-20(2-1-11-21-16-3-5-17(6-4-16)24(27)28)22-12-14-23(15-13-22)33(31,32)19-9-7-18(8-10-19)25(29)30/h3-10,21H,1-2,11-15H2.